The highest BCUT2D eigenvalue weighted by atomic mass is 32.2. The van der Waals surface area contributed by atoms with Crippen molar-refractivity contribution in [2.75, 3.05) is 12.4 Å². The second-order valence-corrected chi connectivity index (χ2v) is 6.29. The molecule has 1 heterocycles. The number of thioether (sulfide) groups is 1. The van der Waals surface area contributed by atoms with Gasteiger partial charge in [-0.3, -0.25) is 4.28 Å². The fourth-order valence-corrected chi connectivity index (χ4v) is 2.76. The van der Waals surface area contributed by atoms with E-state index in [0.717, 1.165) is 17.3 Å². The van der Waals surface area contributed by atoms with E-state index in [1.165, 1.54) is 12.1 Å². The quantitative estimate of drug-likeness (QED) is 0.621. The summed E-state index contributed by atoms with van der Waals surface area (Å²) in [6, 6.07) is 5.91. The molecule has 0 aliphatic carbocycles. The maximum atomic E-state index is 11.9. The van der Waals surface area contributed by atoms with E-state index in [2.05, 4.69) is 16.0 Å². The van der Waals surface area contributed by atoms with Crippen LogP contribution in [0.2, 0.25) is 0 Å². The zero-order valence-corrected chi connectivity index (χ0v) is 11.9. The fraction of sp³-hybridized carbons (Fsp3) is 0.167. The summed E-state index contributed by atoms with van der Waals surface area (Å²) >= 11 is 1.09. The van der Waals surface area contributed by atoms with Gasteiger partial charge in [-0.25, -0.2) is 4.79 Å². The standard InChI is InChI=1S/C12H11NO5S2/c1-2-9-3-5-10(6-4-9)20(15,16)18-13-11-12(14)17-7-8-19-11/h2-6H,1,7-8H2/b13-11-. The molecule has 0 spiro atoms. The van der Waals surface area contributed by atoms with E-state index in [4.69, 9.17) is 4.74 Å². The van der Waals surface area contributed by atoms with Crippen molar-refractivity contribution in [3.8, 4) is 0 Å². The summed E-state index contributed by atoms with van der Waals surface area (Å²) in [6.45, 7) is 3.85. The van der Waals surface area contributed by atoms with Crippen LogP contribution in [-0.2, 0) is 23.9 Å². The van der Waals surface area contributed by atoms with Crippen molar-refractivity contribution in [3.05, 3.63) is 36.4 Å². The Balaban J connectivity index is 2.16. The molecule has 1 aliphatic rings. The van der Waals surface area contributed by atoms with E-state index in [1.807, 2.05) is 0 Å². The summed E-state index contributed by atoms with van der Waals surface area (Å²) in [5, 5.41) is 3.24. The van der Waals surface area contributed by atoms with Gasteiger partial charge in [0.05, 0.1) is 0 Å². The third-order valence-electron chi connectivity index (χ3n) is 2.35. The van der Waals surface area contributed by atoms with Crippen LogP contribution in [0.15, 0.2) is 40.9 Å². The Bertz CT molecular complexity index is 649. The number of nitrogens with zero attached hydrogens (tertiary/aromatic N) is 1. The number of carbonyl (C=O) groups excluding carboxylic acids is 1. The monoisotopic (exact) mass is 313 g/mol. The van der Waals surface area contributed by atoms with Gasteiger partial charge in [-0.15, -0.1) is 0 Å². The molecule has 1 aromatic carbocycles. The largest absolute Gasteiger partial charge is 0.460 e. The molecule has 0 atom stereocenters. The molecule has 6 nitrogen and oxygen atoms in total. The number of hydrogen-bond acceptors (Lipinski definition) is 7. The van der Waals surface area contributed by atoms with Gasteiger partial charge >= 0.3 is 16.1 Å². The van der Waals surface area contributed by atoms with Gasteiger partial charge in [0.15, 0.2) is 0 Å². The number of rotatable bonds is 4. The molecular weight excluding hydrogens is 302 g/mol. The first-order chi connectivity index (χ1) is 9.53. The Morgan fingerprint density at radius 1 is 1.35 bits per heavy atom. The zero-order valence-electron chi connectivity index (χ0n) is 10.3. The fourth-order valence-electron chi connectivity index (χ4n) is 1.35. The van der Waals surface area contributed by atoms with Gasteiger partial charge in [0, 0.05) is 5.75 Å². The van der Waals surface area contributed by atoms with E-state index in [9.17, 15) is 13.2 Å². The summed E-state index contributed by atoms with van der Waals surface area (Å²) in [7, 11) is -4.05. The Morgan fingerprint density at radius 2 is 2.05 bits per heavy atom. The molecule has 0 unspecified atom stereocenters. The van der Waals surface area contributed by atoms with Crippen molar-refractivity contribution in [1.82, 2.24) is 0 Å². The second-order valence-electron chi connectivity index (χ2n) is 3.68. The topological polar surface area (TPSA) is 82.0 Å². The minimum atomic E-state index is -4.05. The highest BCUT2D eigenvalue weighted by Gasteiger charge is 2.22. The van der Waals surface area contributed by atoms with E-state index in [-0.39, 0.29) is 16.5 Å². The number of carbonyl (C=O) groups is 1. The van der Waals surface area contributed by atoms with E-state index in [1.54, 1.807) is 18.2 Å². The summed E-state index contributed by atoms with van der Waals surface area (Å²) in [4.78, 5) is 11.2. The SMILES string of the molecule is C=Cc1ccc(S(=O)(=O)O/N=C2\SCCOC2=O)cc1. The Hall–Kier alpha value is -1.80. The van der Waals surface area contributed by atoms with Crippen molar-refractivity contribution in [3.63, 3.8) is 0 Å². The number of esters is 1. The maximum Gasteiger partial charge on any atom is 0.367 e. The van der Waals surface area contributed by atoms with Crippen LogP contribution >= 0.6 is 11.8 Å². The molecule has 1 aromatic rings. The summed E-state index contributed by atoms with van der Waals surface area (Å²) in [6.07, 6.45) is 1.59. The predicted molar refractivity (Wildman–Crippen MR) is 75.7 cm³/mol. The summed E-state index contributed by atoms with van der Waals surface area (Å²) in [5.74, 6) is -0.166. The van der Waals surface area contributed by atoms with E-state index >= 15 is 0 Å². The lowest BCUT2D eigenvalue weighted by atomic mass is 10.2. The minimum Gasteiger partial charge on any atom is -0.460 e. The smallest absolute Gasteiger partial charge is 0.367 e. The van der Waals surface area contributed by atoms with Crippen molar-refractivity contribution >= 4 is 39.0 Å². The van der Waals surface area contributed by atoms with Crippen LogP contribution < -0.4 is 0 Å². The van der Waals surface area contributed by atoms with Crippen molar-refractivity contribution in [2.45, 2.75) is 4.90 Å². The third kappa shape index (κ3) is 3.40. The van der Waals surface area contributed by atoms with E-state index < -0.39 is 16.1 Å². The molecule has 106 valence electrons. The van der Waals surface area contributed by atoms with E-state index in [0.29, 0.717) is 5.75 Å². The Labute approximate surface area is 120 Å². The maximum absolute atomic E-state index is 11.9. The van der Waals surface area contributed by atoms with Crippen LogP contribution in [0.1, 0.15) is 5.56 Å². The van der Waals surface area contributed by atoms with Gasteiger partial charge in [0.2, 0.25) is 5.04 Å². The number of oxime groups is 1. The highest BCUT2D eigenvalue weighted by Crippen LogP contribution is 2.17. The molecule has 1 fully saturated rings. The molecule has 2 rings (SSSR count). The molecule has 8 heteroatoms. The molecular formula is C12H11NO5S2. The number of benzene rings is 1. The third-order valence-corrected chi connectivity index (χ3v) is 4.36. The molecule has 1 saturated heterocycles. The number of cyclic esters (lactones) is 1. The van der Waals surface area contributed by atoms with Gasteiger partial charge in [0.25, 0.3) is 0 Å². The van der Waals surface area contributed by atoms with Crippen molar-refractivity contribution in [2.24, 2.45) is 5.16 Å². The first-order valence-electron chi connectivity index (χ1n) is 5.57. The lowest BCUT2D eigenvalue weighted by Crippen LogP contribution is -2.23. The average Bonchev–Trinajstić information content (AvgIpc) is 2.46. The van der Waals surface area contributed by atoms with Crippen LogP contribution in [-0.4, -0.2) is 31.8 Å². The molecule has 1 aliphatic heterocycles. The number of ether oxygens (including phenoxy) is 1. The van der Waals surface area contributed by atoms with Gasteiger partial charge in [-0.05, 0) is 17.7 Å². The Kier molecular flexibility index (Phi) is 4.46. The summed E-state index contributed by atoms with van der Waals surface area (Å²) < 4.78 is 33.0. The molecule has 0 bridgehead atoms. The first-order valence-corrected chi connectivity index (χ1v) is 7.96. The molecule has 0 N–H and O–H groups in total. The first kappa shape index (κ1) is 14.6. The van der Waals surface area contributed by atoms with Gasteiger partial charge < -0.3 is 4.74 Å². The zero-order chi connectivity index (χ0) is 14.6. The van der Waals surface area contributed by atoms with Crippen LogP contribution in [0, 0.1) is 0 Å². The molecule has 0 amide bonds. The lowest BCUT2D eigenvalue weighted by Gasteiger charge is -2.11. The predicted octanol–water partition coefficient (Wildman–Crippen LogP) is 1.64. The molecule has 0 saturated carbocycles. The van der Waals surface area contributed by atoms with Crippen molar-refractivity contribution < 1.29 is 22.2 Å². The Morgan fingerprint density at radius 3 is 2.65 bits per heavy atom. The van der Waals surface area contributed by atoms with Crippen molar-refractivity contribution in [1.29, 1.82) is 0 Å². The summed E-state index contributed by atoms with van der Waals surface area (Å²) in [5.41, 5.74) is 0.779. The highest BCUT2D eigenvalue weighted by molar-refractivity contribution is 8.15. The van der Waals surface area contributed by atoms with Gasteiger partial charge in [-0.1, -0.05) is 41.7 Å². The lowest BCUT2D eigenvalue weighted by molar-refractivity contribution is -0.135. The molecule has 0 aromatic heterocycles. The average molecular weight is 313 g/mol. The molecule has 20 heavy (non-hydrogen) atoms. The number of hydrogen-bond donors (Lipinski definition) is 0. The molecule has 0 radical (unpaired) electrons. The van der Waals surface area contributed by atoms with Crippen LogP contribution in [0.4, 0.5) is 0 Å². The normalized spacial score (nSPS) is 17.6. The second kappa shape index (κ2) is 6.10. The van der Waals surface area contributed by atoms with Gasteiger partial charge in [-0.2, -0.15) is 8.42 Å². The van der Waals surface area contributed by atoms with Crippen LogP contribution in [0.5, 0.6) is 0 Å². The van der Waals surface area contributed by atoms with Crippen LogP contribution in [0.25, 0.3) is 6.08 Å². The minimum absolute atomic E-state index is 0.0540. The van der Waals surface area contributed by atoms with Crippen LogP contribution in [0.3, 0.4) is 0 Å². The van der Waals surface area contributed by atoms with Gasteiger partial charge in [0.1, 0.15) is 11.5 Å².